The van der Waals surface area contributed by atoms with E-state index in [1.165, 1.54) is 18.2 Å². The molecular formula is C13H17ClF2N2O2. The zero-order valence-electron chi connectivity index (χ0n) is 11.0. The van der Waals surface area contributed by atoms with Gasteiger partial charge in [-0.05, 0) is 24.6 Å². The molecule has 0 aliphatic carbocycles. The molecule has 1 aromatic carbocycles. The van der Waals surface area contributed by atoms with Crippen molar-refractivity contribution in [3.05, 3.63) is 28.8 Å². The first kappa shape index (κ1) is 16.7. The van der Waals surface area contributed by atoms with Crippen molar-refractivity contribution in [1.29, 1.82) is 0 Å². The normalized spacial score (nSPS) is 12.3. The maximum atomic E-state index is 12.3. The van der Waals surface area contributed by atoms with Crippen LogP contribution in [0.5, 0.6) is 5.75 Å². The van der Waals surface area contributed by atoms with Crippen molar-refractivity contribution in [3.8, 4) is 5.75 Å². The second kappa shape index (κ2) is 8.01. The van der Waals surface area contributed by atoms with E-state index in [0.717, 1.165) is 6.42 Å². The third-order valence-electron chi connectivity index (χ3n) is 2.63. The number of alkyl halides is 2. The number of amides is 1. The first-order valence-corrected chi connectivity index (χ1v) is 6.58. The van der Waals surface area contributed by atoms with Crippen LogP contribution < -0.4 is 15.8 Å². The van der Waals surface area contributed by atoms with E-state index in [2.05, 4.69) is 10.1 Å². The highest BCUT2D eigenvalue weighted by molar-refractivity contribution is 6.30. The summed E-state index contributed by atoms with van der Waals surface area (Å²) in [5, 5.41) is 2.95. The molecular weight excluding hydrogens is 290 g/mol. The summed E-state index contributed by atoms with van der Waals surface area (Å²) in [5.41, 5.74) is 6.02. The Bertz CT molecular complexity index is 458. The number of rotatable bonds is 7. The summed E-state index contributed by atoms with van der Waals surface area (Å²) in [6, 6.07) is 3.62. The van der Waals surface area contributed by atoms with Crippen molar-refractivity contribution in [3.63, 3.8) is 0 Å². The Balaban J connectivity index is 2.70. The van der Waals surface area contributed by atoms with Crippen molar-refractivity contribution < 1.29 is 18.3 Å². The number of halogens is 3. The van der Waals surface area contributed by atoms with Gasteiger partial charge in [0.15, 0.2) is 0 Å². The lowest BCUT2D eigenvalue weighted by atomic mass is 10.1. The summed E-state index contributed by atoms with van der Waals surface area (Å²) in [7, 11) is 0. The van der Waals surface area contributed by atoms with E-state index in [0.29, 0.717) is 17.0 Å². The number of carbonyl (C=O) groups is 1. The van der Waals surface area contributed by atoms with Gasteiger partial charge < -0.3 is 15.8 Å². The monoisotopic (exact) mass is 306 g/mol. The van der Waals surface area contributed by atoms with Gasteiger partial charge in [0.2, 0.25) is 5.91 Å². The van der Waals surface area contributed by atoms with Gasteiger partial charge in [-0.2, -0.15) is 8.78 Å². The molecule has 1 rings (SSSR count). The van der Waals surface area contributed by atoms with Crippen LogP contribution in [0, 0.1) is 0 Å². The van der Waals surface area contributed by atoms with Crippen LogP contribution in [0.3, 0.4) is 0 Å². The lowest BCUT2D eigenvalue weighted by Crippen LogP contribution is -2.40. The highest BCUT2D eigenvalue weighted by Gasteiger charge is 2.14. The number of hydrogen-bond acceptors (Lipinski definition) is 3. The molecule has 112 valence electrons. The molecule has 0 heterocycles. The fourth-order valence-electron chi connectivity index (χ4n) is 1.65. The molecule has 1 atom stereocenters. The molecule has 0 fully saturated rings. The van der Waals surface area contributed by atoms with Crippen LogP contribution in [0.4, 0.5) is 8.78 Å². The molecule has 0 saturated carbocycles. The molecule has 3 N–H and O–H groups in total. The Kier molecular flexibility index (Phi) is 6.67. The van der Waals surface area contributed by atoms with E-state index in [9.17, 15) is 13.6 Å². The Morgan fingerprint density at radius 2 is 2.20 bits per heavy atom. The molecule has 0 aromatic heterocycles. The third kappa shape index (κ3) is 5.30. The molecule has 1 unspecified atom stereocenters. The Morgan fingerprint density at radius 1 is 1.50 bits per heavy atom. The minimum atomic E-state index is -2.94. The lowest BCUT2D eigenvalue weighted by Gasteiger charge is -2.14. The van der Waals surface area contributed by atoms with Crippen LogP contribution in [0.1, 0.15) is 25.3 Å². The van der Waals surface area contributed by atoms with Crippen molar-refractivity contribution in [2.45, 2.75) is 39.0 Å². The van der Waals surface area contributed by atoms with E-state index >= 15 is 0 Å². The van der Waals surface area contributed by atoms with E-state index in [4.69, 9.17) is 17.3 Å². The zero-order chi connectivity index (χ0) is 15.1. The highest BCUT2D eigenvalue weighted by atomic mass is 35.5. The highest BCUT2D eigenvalue weighted by Crippen LogP contribution is 2.24. The van der Waals surface area contributed by atoms with Gasteiger partial charge in [0.25, 0.3) is 0 Å². The summed E-state index contributed by atoms with van der Waals surface area (Å²) in [6.45, 7) is -0.995. The van der Waals surface area contributed by atoms with Crippen molar-refractivity contribution in [2.24, 2.45) is 5.73 Å². The molecule has 1 amide bonds. The molecule has 20 heavy (non-hydrogen) atoms. The van der Waals surface area contributed by atoms with Crippen molar-refractivity contribution >= 4 is 17.5 Å². The average Bonchev–Trinajstić information content (AvgIpc) is 2.38. The Labute approximate surface area is 121 Å². The number of carbonyl (C=O) groups excluding carboxylic acids is 1. The third-order valence-corrected chi connectivity index (χ3v) is 2.86. The van der Waals surface area contributed by atoms with Crippen LogP contribution in [0.25, 0.3) is 0 Å². The largest absolute Gasteiger partial charge is 0.434 e. The van der Waals surface area contributed by atoms with Gasteiger partial charge in [-0.25, -0.2) is 0 Å². The molecule has 0 saturated heterocycles. The minimum absolute atomic E-state index is 0.0197. The predicted molar refractivity (Wildman–Crippen MR) is 72.8 cm³/mol. The molecule has 0 radical (unpaired) electrons. The summed E-state index contributed by atoms with van der Waals surface area (Å²) in [4.78, 5) is 11.7. The first-order valence-electron chi connectivity index (χ1n) is 6.20. The zero-order valence-corrected chi connectivity index (χ0v) is 11.8. The first-order chi connectivity index (χ1) is 9.43. The Morgan fingerprint density at radius 3 is 2.80 bits per heavy atom. The molecule has 4 nitrogen and oxygen atoms in total. The topological polar surface area (TPSA) is 64.4 Å². The molecule has 0 aliphatic heterocycles. The van der Waals surface area contributed by atoms with E-state index in [1.807, 2.05) is 6.92 Å². The molecule has 0 spiro atoms. The maximum Gasteiger partial charge on any atom is 0.387 e. The van der Waals surface area contributed by atoms with Crippen LogP contribution in [-0.2, 0) is 11.3 Å². The minimum Gasteiger partial charge on any atom is -0.434 e. The van der Waals surface area contributed by atoms with Gasteiger partial charge in [0.05, 0.1) is 6.04 Å². The number of benzene rings is 1. The number of ether oxygens (including phenoxy) is 1. The molecule has 0 aliphatic rings. The van der Waals surface area contributed by atoms with Crippen LogP contribution in [0.15, 0.2) is 18.2 Å². The molecule has 7 heteroatoms. The summed E-state index contributed by atoms with van der Waals surface area (Å²) >= 11 is 5.80. The van der Waals surface area contributed by atoms with Gasteiger partial charge in [-0.1, -0.05) is 24.9 Å². The fourth-order valence-corrected chi connectivity index (χ4v) is 1.85. The standard InChI is InChI=1S/C13H17ClF2N2O2/c1-2-3-10(17)12(19)18-7-8-6-9(14)4-5-11(8)20-13(15)16/h4-6,10,13H,2-3,7,17H2,1H3,(H,18,19). The summed E-state index contributed by atoms with van der Waals surface area (Å²) < 4.78 is 28.9. The lowest BCUT2D eigenvalue weighted by molar-refractivity contribution is -0.122. The summed E-state index contributed by atoms with van der Waals surface area (Å²) in [5.74, 6) is -0.358. The van der Waals surface area contributed by atoms with Crippen molar-refractivity contribution in [1.82, 2.24) is 5.32 Å². The fraction of sp³-hybridized carbons (Fsp3) is 0.462. The number of hydrogen-bond donors (Lipinski definition) is 2. The van der Waals surface area contributed by atoms with E-state index in [1.54, 1.807) is 0 Å². The predicted octanol–water partition coefficient (Wildman–Crippen LogP) is 2.69. The molecule has 1 aromatic rings. The van der Waals surface area contributed by atoms with E-state index < -0.39 is 12.7 Å². The average molecular weight is 307 g/mol. The van der Waals surface area contributed by atoms with Crippen LogP contribution >= 0.6 is 11.6 Å². The summed E-state index contributed by atoms with van der Waals surface area (Å²) in [6.07, 6.45) is 1.34. The van der Waals surface area contributed by atoms with Crippen molar-refractivity contribution in [2.75, 3.05) is 0 Å². The number of nitrogens with two attached hydrogens (primary N) is 1. The second-order valence-corrected chi connectivity index (χ2v) is 4.68. The van der Waals surface area contributed by atoms with Gasteiger partial charge >= 0.3 is 6.61 Å². The molecule has 0 bridgehead atoms. The quantitative estimate of drug-likeness (QED) is 0.814. The maximum absolute atomic E-state index is 12.3. The number of nitrogens with one attached hydrogen (secondary N) is 1. The van der Waals surface area contributed by atoms with Crippen LogP contribution in [0.2, 0.25) is 5.02 Å². The SMILES string of the molecule is CCCC(N)C(=O)NCc1cc(Cl)ccc1OC(F)F. The smallest absolute Gasteiger partial charge is 0.387 e. The van der Waals surface area contributed by atoms with Crippen LogP contribution in [-0.4, -0.2) is 18.6 Å². The Hall–Kier alpha value is -1.40. The van der Waals surface area contributed by atoms with Gasteiger partial charge in [0.1, 0.15) is 5.75 Å². The second-order valence-electron chi connectivity index (χ2n) is 4.24. The van der Waals surface area contributed by atoms with Gasteiger partial charge in [-0.3, -0.25) is 4.79 Å². The van der Waals surface area contributed by atoms with E-state index in [-0.39, 0.29) is 18.2 Å². The van der Waals surface area contributed by atoms with Gasteiger partial charge in [0, 0.05) is 17.1 Å². The van der Waals surface area contributed by atoms with Gasteiger partial charge in [-0.15, -0.1) is 0 Å².